The van der Waals surface area contributed by atoms with Crippen molar-refractivity contribution in [1.29, 1.82) is 0 Å². The van der Waals surface area contributed by atoms with Crippen LogP contribution >= 0.6 is 12.4 Å². The standard InChI is InChI=1S/ClH.2H2O.Sn/h1H;2*1H2;/q;;;+4. The second kappa shape index (κ2) is 35.7. The van der Waals surface area contributed by atoms with Gasteiger partial charge in [-0.05, 0) is 0 Å². The fourth-order valence-electron chi connectivity index (χ4n) is 0. The zero-order valence-electron chi connectivity index (χ0n) is 1.91. The van der Waals surface area contributed by atoms with Gasteiger partial charge in [0.1, 0.15) is 0 Å². The van der Waals surface area contributed by atoms with Crippen LogP contribution in [-0.4, -0.2) is 34.9 Å². The average Bonchev–Trinajstić information content (AvgIpc) is 0. The number of rotatable bonds is 0. The number of halogens is 1. The van der Waals surface area contributed by atoms with E-state index in [0.717, 1.165) is 0 Å². The molecule has 0 fully saturated rings. The minimum absolute atomic E-state index is 0. The quantitative estimate of drug-likeness (QED) is 0.414. The van der Waals surface area contributed by atoms with Crippen molar-refractivity contribution in [3.05, 3.63) is 0 Å². The van der Waals surface area contributed by atoms with Crippen molar-refractivity contribution in [3.8, 4) is 0 Å². The molecule has 2 nitrogen and oxygen atoms in total. The molecule has 0 heterocycles. The maximum Gasteiger partial charge on any atom is 4.00 e. The molecule has 0 aromatic rings. The van der Waals surface area contributed by atoms with E-state index in [-0.39, 0.29) is 47.3 Å². The Kier molecular flexibility index (Phi) is 705. The second-order valence-corrected chi connectivity index (χ2v) is 0. The van der Waals surface area contributed by atoms with Crippen LogP contribution in [-0.2, 0) is 0 Å². The zero-order chi connectivity index (χ0) is 0. The van der Waals surface area contributed by atoms with Crippen LogP contribution in [0.4, 0.5) is 0 Å². The molecule has 0 unspecified atom stereocenters. The molecule has 0 radical (unpaired) electrons. The largest absolute Gasteiger partial charge is 4.00 e. The summed E-state index contributed by atoms with van der Waals surface area (Å²) in [6.45, 7) is 0. The Bertz CT molecular complexity index is 6.00. The van der Waals surface area contributed by atoms with Gasteiger partial charge >= 0.3 is 23.9 Å². The minimum Gasteiger partial charge on any atom is -0.412 e. The first-order valence-corrected chi connectivity index (χ1v) is 0. The SMILES string of the molecule is Cl.O.O.[Sn+4]. The third-order valence-electron chi connectivity index (χ3n) is 0. The monoisotopic (exact) mass is 192 g/mol. The van der Waals surface area contributed by atoms with Gasteiger partial charge in [-0.25, -0.2) is 0 Å². The van der Waals surface area contributed by atoms with Crippen LogP contribution in [0.5, 0.6) is 0 Å². The molecule has 0 aromatic carbocycles. The van der Waals surface area contributed by atoms with Gasteiger partial charge in [-0.1, -0.05) is 0 Å². The molecule has 4 N–H and O–H groups in total. The molecule has 24 valence electrons. The summed E-state index contributed by atoms with van der Waals surface area (Å²) >= 11 is 0. The fraction of sp³-hybridized carbons (Fsp3) is 0. The van der Waals surface area contributed by atoms with Crippen molar-refractivity contribution in [1.82, 2.24) is 0 Å². The molecular weight excluding hydrogens is 186 g/mol. The smallest absolute Gasteiger partial charge is 0.412 e. The van der Waals surface area contributed by atoms with E-state index in [1.54, 1.807) is 0 Å². The first-order valence-electron chi connectivity index (χ1n) is 0. The van der Waals surface area contributed by atoms with Crippen molar-refractivity contribution in [2.75, 3.05) is 0 Å². The molecule has 0 atom stereocenters. The molecule has 0 saturated heterocycles. The summed E-state index contributed by atoms with van der Waals surface area (Å²) in [7, 11) is 0. The molecular formula is H5ClO2Sn+4. The van der Waals surface area contributed by atoms with Gasteiger partial charge in [0.15, 0.2) is 0 Å². The molecule has 0 saturated carbocycles. The van der Waals surface area contributed by atoms with Crippen LogP contribution in [0.1, 0.15) is 0 Å². The van der Waals surface area contributed by atoms with Crippen molar-refractivity contribution < 1.29 is 11.0 Å². The van der Waals surface area contributed by atoms with Gasteiger partial charge in [0, 0.05) is 0 Å². The second-order valence-electron chi connectivity index (χ2n) is 0. The van der Waals surface area contributed by atoms with Gasteiger partial charge in [-0.15, -0.1) is 12.4 Å². The van der Waals surface area contributed by atoms with E-state index in [0.29, 0.717) is 0 Å². The van der Waals surface area contributed by atoms with Crippen LogP contribution in [0.25, 0.3) is 0 Å². The van der Waals surface area contributed by atoms with Gasteiger partial charge in [0.25, 0.3) is 0 Å². The first-order chi connectivity index (χ1) is 0. The Morgan fingerprint density at radius 2 is 0.750 bits per heavy atom. The Morgan fingerprint density at radius 1 is 0.750 bits per heavy atom. The summed E-state index contributed by atoms with van der Waals surface area (Å²) in [5, 5.41) is 0. The first kappa shape index (κ1) is 79.1. The van der Waals surface area contributed by atoms with Crippen molar-refractivity contribution in [3.63, 3.8) is 0 Å². The Balaban J connectivity index is 0. The molecule has 0 amide bonds. The summed E-state index contributed by atoms with van der Waals surface area (Å²) in [6.07, 6.45) is 0. The van der Waals surface area contributed by atoms with Crippen LogP contribution in [0, 0.1) is 0 Å². The third kappa shape index (κ3) is 11.9. The maximum absolute atomic E-state index is 0. The van der Waals surface area contributed by atoms with Gasteiger partial charge in [-0.3, -0.25) is 0 Å². The predicted octanol–water partition coefficient (Wildman–Crippen LogP) is -1.61. The summed E-state index contributed by atoms with van der Waals surface area (Å²) < 4.78 is 0. The van der Waals surface area contributed by atoms with E-state index in [1.807, 2.05) is 0 Å². The maximum atomic E-state index is 0. The topological polar surface area (TPSA) is 63.0 Å². The zero-order valence-corrected chi connectivity index (χ0v) is 5.58. The van der Waals surface area contributed by atoms with Crippen LogP contribution in [0.2, 0.25) is 0 Å². The molecule has 4 heteroatoms. The average molecular weight is 191 g/mol. The van der Waals surface area contributed by atoms with Crippen LogP contribution < -0.4 is 0 Å². The normalized spacial score (nSPS) is 0. The number of hydrogen-bond acceptors (Lipinski definition) is 0. The van der Waals surface area contributed by atoms with E-state index in [2.05, 4.69) is 0 Å². The molecule has 0 aliphatic carbocycles. The molecule has 0 bridgehead atoms. The summed E-state index contributed by atoms with van der Waals surface area (Å²) in [5.41, 5.74) is 0. The predicted molar refractivity (Wildman–Crippen MR) is 20.2 cm³/mol. The Hall–Kier alpha value is 1.01. The van der Waals surface area contributed by atoms with Crippen molar-refractivity contribution >= 4 is 36.3 Å². The van der Waals surface area contributed by atoms with E-state index in [4.69, 9.17) is 0 Å². The van der Waals surface area contributed by atoms with E-state index >= 15 is 0 Å². The fourth-order valence-corrected chi connectivity index (χ4v) is 0. The van der Waals surface area contributed by atoms with Gasteiger partial charge < -0.3 is 11.0 Å². The summed E-state index contributed by atoms with van der Waals surface area (Å²) in [4.78, 5) is 0. The Labute approximate surface area is 47.6 Å². The molecule has 0 spiro atoms. The molecule has 0 aromatic heterocycles. The van der Waals surface area contributed by atoms with Crippen molar-refractivity contribution in [2.45, 2.75) is 0 Å². The van der Waals surface area contributed by atoms with Gasteiger partial charge in [-0.2, -0.15) is 0 Å². The summed E-state index contributed by atoms with van der Waals surface area (Å²) in [6, 6.07) is 0. The molecule has 0 aliphatic heterocycles. The van der Waals surface area contributed by atoms with Gasteiger partial charge in [0.2, 0.25) is 0 Å². The minimum atomic E-state index is 0. The third-order valence-corrected chi connectivity index (χ3v) is 0. The van der Waals surface area contributed by atoms with E-state index in [1.165, 1.54) is 0 Å². The Morgan fingerprint density at radius 3 is 0.750 bits per heavy atom. The molecule has 0 aliphatic rings. The van der Waals surface area contributed by atoms with E-state index < -0.39 is 0 Å². The van der Waals surface area contributed by atoms with Crippen LogP contribution in [0.3, 0.4) is 0 Å². The molecule has 4 heavy (non-hydrogen) atoms. The van der Waals surface area contributed by atoms with E-state index in [9.17, 15) is 0 Å². The number of hydrogen-bond donors (Lipinski definition) is 0. The van der Waals surface area contributed by atoms with Gasteiger partial charge in [0.05, 0.1) is 0 Å². The van der Waals surface area contributed by atoms with Crippen molar-refractivity contribution in [2.24, 2.45) is 0 Å². The van der Waals surface area contributed by atoms with Crippen LogP contribution in [0.15, 0.2) is 0 Å². The summed E-state index contributed by atoms with van der Waals surface area (Å²) in [5.74, 6) is 0. The molecule has 0 rings (SSSR count).